The molecule has 0 spiro atoms. The molecule has 56 heavy (non-hydrogen) atoms. The summed E-state index contributed by atoms with van der Waals surface area (Å²) in [4.78, 5) is 72.0. The van der Waals surface area contributed by atoms with Crippen molar-refractivity contribution in [3.8, 4) is 16.9 Å². The number of amides is 4. The molecule has 5 N–H and O–H groups in total. The Morgan fingerprint density at radius 1 is 0.643 bits per heavy atom. The fourth-order valence-electron chi connectivity index (χ4n) is 6.33. The van der Waals surface area contributed by atoms with Gasteiger partial charge in [0, 0.05) is 38.1 Å². The Balaban J connectivity index is 1.36. The van der Waals surface area contributed by atoms with Crippen molar-refractivity contribution in [2.75, 3.05) is 6.61 Å². The summed E-state index contributed by atoms with van der Waals surface area (Å²) in [5.74, 6) is -4.61. The molecule has 4 aromatic carbocycles. The summed E-state index contributed by atoms with van der Waals surface area (Å²) in [6.45, 7) is -0.442. The number of pyridine rings is 1. The molecule has 0 unspecified atom stereocenters. The third-order valence-electron chi connectivity index (χ3n) is 9.34. The summed E-state index contributed by atoms with van der Waals surface area (Å²) < 4.78 is 20.6. The molecule has 4 amide bonds. The van der Waals surface area contributed by atoms with Crippen LogP contribution in [0.15, 0.2) is 128 Å². The van der Waals surface area contributed by atoms with Crippen molar-refractivity contribution in [3.63, 3.8) is 0 Å². The van der Waals surface area contributed by atoms with Crippen molar-refractivity contribution < 1.29 is 38.2 Å². The normalized spacial score (nSPS) is 19.5. The number of carbonyl (C=O) groups excluding carboxylic acids is 4. The molecule has 0 saturated carbocycles. The number of aliphatic carboxylic acids is 1. The van der Waals surface area contributed by atoms with Gasteiger partial charge in [0.25, 0.3) is 5.91 Å². The van der Waals surface area contributed by atoms with E-state index >= 15 is 0 Å². The molecule has 1 aromatic heterocycles. The zero-order valence-corrected chi connectivity index (χ0v) is 30.2. The van der Waals surface area contributed by atoms with Crippen LogP contribution >= 0.6 is 0 Å². The summed E-state index contributed by atoms with van der Waals surface area (Å²) >= 11 is 0. The van der Waals surface area contributed by atoms with Crippen LogP contribution in [0.2, 0.25) is 0 Å². The van der Waals surface area contributed by atoms with Gasteiger partial charge in [0.05, 0.1) is 0 Å². The lowest BCUT2D eigenvalue weighted by molar-refractivity contribution is -0.142. The average Bonchev–Trinajstić information content (AvgIpc) is 3.21. The van der Waals surface area contributed by atoms with Gasteiger partial charge in [-0.3, -0.25) is 24.2 Å². The number of ether oxygens (including phenoxy) is 1. The first-order chi connectivity index (χ1) is 27.1. The van der Waals surface area contributed by atoms with Crippen molar-refractivity contribution >= 4 is 29.6 Å². The topological polar surface area (TPSA) is 176 Å². The van der Waals surface area contributed by atoms with Crippen molar-refractivity contribution in [3.05, 3.63) is 156 Å². The lowest BCUT2D eigenvalue weighted by Gasteiger charge is -2.26. The molecular weight excluding hydrogens is 717 g/mol. The van der Waals surface area contributed by atoms with Crippen molar-refractivity contribution in [1.82, 2.24) is 26.3 Å². The molecule has 0 fully saturated rings. The second-order valence-electron chi connectivity index (χ2n) is 13.4. The van der Waals surface area contributed by atoms with E-state index in [-0.39, 0.29) is 31.2 Å². The first kappa shape index (κ1) is 38.8. The van der Waals surface area contributed by atoms with Crippen molar-refractivity contribution in [1.29, 1.82) is 0 Å². The molecule has 4 atom stereocenters. The maximum atomic E-state index is 15.0. The van der Waals surface area contributed by atoms with Crippen LogP contribution in [0.25, 0.3) is 11.1 Å². The van der Waals surface area contributed by atoms with Crippen LogP contribution in [0.5, 0.6) is 5.75 Å². The van der Waals surface area contributed by atoms with Crippen LogP contribution in [0.4, 0.5) is 4.39 Å². The fourth-order valence-corrected chi connectivity index (χ4v) is 6.33. The number of halogens is 1. The number of hydrogen-bond acceptors (Lipinski definition) is 7. The Bertz CT molecular complexity index is 2150. The van der Waals surface area contributed by atoms with Gasteiger partial charge in [0.2, 0.25) is 17.7 Å². The molecule has 5 aromatic rings. The summed E-state index contributed by atoms with van der Waals surface area (Å²) in [5, 5.41) is 20.8. The molecule has 2 aliphatic heterocycles. The SMILES string of the molecule is O=C1COc2ccc(cc2)C[C@@H](C(=O)O)NC(=O)[C@H](Cc2ccccc2F)NC(=O)[C@@H](Cc2ccc(-c3ccccc3)cc2)NC(=O)[C@H](Cc2ccncc2)N1. The van der Waals surface area contributed by atoms with Gasteiger partial charge in [-0.2, -0.15) is 0 Å². The predicted molar refractivity (Wildman–Crippen MR) is 205 cm³/mol. The molecule has 286 valence electrons. The smallest absolute Gasteiger partial charge is 0.326 e. The van der Waals surface area contributed by atoms with Gasteiger partial charge in [-0.25, -0.2) is 9.18 Å². The number of rotatable bonds is 8. The molecule has 0 aliphatic carbocycles. The lowest BCUT2D eigenvalue weighted by atomic mass is 9.98. The Morgan fingerprint density at radius 2 is 1.20 bits per heavy atom. The second-order valence-corrected chi connectivity index (χ2v) is 13.4. The Labute approximate surface area is 322 Å². The van der Waals surface area contributed by atoms with Gasteiger partial charge in [0.15, 0.2) is 6.61 Å². The highest BCUT2D eigenvalue weighted by Gasteiger charge is 2.32. The lowest BCUT2D eigenvalue weighted by Crippen LogP contribution is -2.59. The summed E-state index contributed by atoms with van der Waals surface area (Å²) in [5.41, 5.74) is 3.89. The minimum atomic E-state index is -1.45. The first-order valence-corrected chi connectivity index (χ1v) is 18.0. The van der Waals surface area contributed by atoms with Crippen LogP contribution in [-0.4, -0.2) is 70.5 Å². The number of nitrogens with zero attached hydrogens (tertiary/aromatic N) is 1. The van der Waals surface area contributed by atoms with Crippen molar-refractivity contribution in [2.24, 2.45) is 0 Å². The van der Waals surface area contributed by atoms with E-state index in [0.29, 0.717) is 22.4 Å². The van der Waals surface area contributed by atoms with Crippen LogP contribution in [0.3, 0.4) is 0 Å². The minimum Gasteiger partial charge on any atom is -0.484 e. The van der Waals surface area contributed by atoms with Crippen LogP contribution < -0.4 is 26.0 Å². The molecule has 2 aliphatic rings. The maximum Gasteiger partial charge on any atom is 0.326 e. The third-order valence-corrected chi connectivity index (χ3v) is 9.34. The van der Waals surface area contributed by atoms with Crippen LogP contribution in [-0.2, 0) is 49.7 Å². The van der Waals surface area contributed by atoms with E-state index in [9.17, 15) is 33.5 Å². The number of hydrogen-bond donors (Lipinski definition) is 5. The van der Waals surface area contributed by atoms with Gasteiger partial charge in [0.1, 0.15) is 35.7 Å². The first-order valence-electron chi connectivity index (χ1n) is 18.0. The average molecular weight is 758 g/mol. The fraction of sp³-hybridized carbons (Fsp3) is 0.209. The van der Waals surface area contributed by atoms with Gasteiger partial charge < -0.3 is 31.1 Å². The quantitative estimate of drug-likeness (QED) is 0.149. The van der Waals surface area contributed by atoms with Crippen molar-refractivity contribution in [2.45, 2.75) is 49.9 Å². The van der Waals surface area contributed by atoms with E-state index < -0.39 is 66.2 Å². The molecule has 7 rings (SSSR count). The van der Waals surface area contributed by atoms with Crippen LogP contribution in [0, 0.1) is 5.82 Å². The van der Waals surface area contributed by atoms with Gasteiger partial charge >= 0.3 is 5.97 Å². The molecule has 3 heterocycles. The monoisotopic (exact) mass is 757 g/mol. The maximum absolute atomic E-state index is 15.0. The number of carbonyl (C=O) groups is 5. The standard InChI is InChI=1S/C43H40FN5O7/c44-34-9-5-4-8-32(34)25-37-42(53)49-38(43(54)55)24-28-12-16-33(17-13-28)56-26-39(50)46-35(23-29-18-20-45-21-19-29)40(51)47-36(41(52)48-37)22-27-10-14-31(15-11-27)30-6-2-1-3-7-30/h1-21,35-38H,22-26H2,(H,46,50)(H,47,51)(H,48,52)(H,49,53)(H,54,55)/t35-,36+,37-,38-/m0/s1. The van der Waals surface area contributed by atoms with E-state index in [1.54, 1.807) is 54.9 Å². The number of aromatic nitrogens is 1. The number of carboxylic acids is 1. The molecule has 2 bridgehead atoms. The number of fused-ring (bicyclic) bond motifs is 16. The zero-order valence-electron chi connectivity index (χ0n) is 30.2. The van der Waals surface area contributed by atoms with Gasteiger partial charge in [-0.15, -0.1) is 0 Å². The van der Waals surface area contributed by atoms with Crippen LogP contribution in [0.1, 0.15) is 22.3 Å². The van der Waals surface area contributed by atoms with E-state index in [0.717, 1.165) is 11.1 Å². The Kier molecular flexibility index (Phi) is 12.8. The van der Waals surface area contributed by atoms with E-state index in [1.165, 1.54) is 18.2 Å². The highest BCUT2D eigenvalue weighted by atomic mass is 19.1. The summed E-state index contributed by atoms with van der Waals surface area (Å²) in [6.07, 6.45) is 2.66. The summed E-state index contributed by atoms with van der Waals surface area (Å²) in [6, 6.07) is 27.1. The molecular formula is C43H40FN5O7. The van der Waals surface area contributed by atoms with Gasteiger partial charge in [-0.05, 0) is 63.7 Å². The van der Waals surface area contributed by atoms with Gasteiger partial charge in [-0.1, -0.05) is 84.9 Å². The Morgan fingerprint density at radius 3 is 1.84 bits per heavy atom. The van der Waals surface area contributed by atoms with E-state index in [2.05, 4.69) is 26.3 Å². The van der Waals surface area contributed by atoms with E-state index in [4.69, 9.17) is 4.74 Å². The number of benzene rings is 4. The second kappa shape index (κ2) is 18.4. The van der Waals surface area contributed by atoms with E-state index in [1.807, 2.05) is 54.6 Å². The largest absolute Gasteiger partial charge is 0.484 e. The Hall–Kier alpha value is -6.89. The molecule has 0 saturated heterocycles. The molecule has 12 nitrogen and oxygen atoms in total. The number of carboxylic acid groups (broad SMARTS) is 1. The summed E-state index contributed by atoms with van der Waals surface area (Å²) in [7, 11) is 0. The third kappa shape index (κ3) is 10.6. The highest BCUT2D eigenvalue weighted by molar-refractivity contribution is 5.95. The minimum absolute atomic E-state index is 0.0363. The zero-order chi connectivity index (χ0) is 39.4. The highest BCUT2D eigenvalue weighted by Crippen LogP contribution is 2.20. The molecule has 0 radical (unpaired) electrons. The predicted octanol–water partition coefficient (Wildman–Crippen LogP) is 3.57. The number of nitrogens with one attached hydrogen (secondary N) is 4. The molecule has 13 heteroatoms.